The lowest BCUT2D eigenvalue weighted by Crippen LogP contribution is -1.95. The van der Waals surface area contributed by atoms with Gasteiger partial charge in [-0.3, -0.25) is 0 Å². The second-order valence-electron chi connectivity index (χ2n) is 4.26. The van der Waals surface area contributed by atoms with E-state index in [9.17, 15) is 0 Å². The molecule has 0 radical (unpaired) electrons. The molecule has 0 fully saturated rings. The second-order valence-corrected chi connectivity index (χ2v) is 5.06. The Kier molecular flexibility index (Phi) is 3.48. The number of aryl methyl sites for hydroxylation is 2. The van der Waals surface area contributed by atoms with E-state index in [1.165, 1.54) is 0 Å². The third-order valence-electron chi connectivity index (χ3n) is 2.70. The first-order valence-electron chi connectivity index (χ1n) is 5.57. The van der Waals surface area contributed by atoms with Crippen LogP contribution in [0.5, 0.6) is 11.5 Å². The lowest BCUT2D eigenvalue weighted by atomic mass is 10.1. The van der Waals surface area contributed by atoms with Crippen molar-refractivity contribution < 1.29 is 4.74 Å². The van der Waals surface area contributed by atoms with E-state index in [1.54, 1.807) is 18.2 Å². The van der Waals surface area contributed by atoms with Crippen molar-refractivity contribution in [1.29, 1.82) is 0 Å². The molecule has 2 rings (SSSR count). The molecule has 0 saturated heterocycles. The summed E-state index contributed by atoms with van der Waals surface area (Å²) in [5, 5.41) is 0. The van der Waals surface area contributed by atoms with Crippen molar-refractivity contribution in [1.82, 2.24) is 0 Å². The molecule has 4 heteroatoms. The van der Waals surface area contributed by atoms with Gasteiger partial charge >= 0.3 is 0 Å². The fourth-order valence-electron chi connectivity index (χ4n) is 1.72. The maximum Gasteiger partial charge on any atom is 0.129 e. The van der Waals surface area contributed by atoms with Crippen molar-refractivity contribution in [2.45, 2.75) is 13.8 Å². The minimum absolute atomic E-state index is 0.526. The summed E-state index contributed by atoms with van der Waals surface area (Å²) in [5.41, 5.74) is 14.8. The summed E-state index contributed by atoms with van der Waals surface area (Å²) in [6.45, 7) is 4.06. The number of anilines is 2. The van der Waals surface area contributed by atoms with Crippen LogP contribution in [0.3, 0.4) is 0 Å². The zero-order chi connectivity index (χ0) is 13.3. The van der Waals surface area contributed by atoms with Crippen LogP contribution in [-0.2, 0) is 0 Å². The molecule has 0 unspecified atom stereocenters. The Balaban J connectivity index is 2.31. The van der Waals surface area contributed by atoms with Gasteiger partial charge in [0.05, 0.1) is 11.4 Å². The van der Waals surface area contributed by atoms with Crippen LogP contribution in [-0.4, -0.2) is 0 Å². The molecule has 2 aromatic rings. The molecule has 0 heterocycles. The van der Waals surface area contributed by atoms with Gasteiger partial charge in [-0.05, 0) is 49.2 Å². The third-order valence-corrected chi connectivity index (χ3v) is 3.95. The summed E-state index contributed by atoms with van der Waals surface area (Å²) in [6.07, 6.45) is 0. The first-order chi connectivity index (χ1) is 8.47. The number of hydrogen-bond acceptors (Lipinski definition) is 3. The summed E-state index contributed by atoms with van der Waals surface area (Å²) in [6, 6.07) is 9.22. The molecule has 3 nitrogen and oxygen atoms in total. The van der Waals surface area contributed by atoms with Crippen LogP contribution in [0.1, 0.15) is 11.1 Å². The number of benzene rings is 2. The number of ether oxygens (including phenoxy) is 1. The molecule has 0 aliphatic heterocycles. The van der Waals surface area contributed by atoms with Crippen LogP contribution < -0.4 is 16.2 Å². The second kappa shape index (κ2) is 4.90. The van der Waals surface area contributed by atoms with Gasteiger partial charge in [-0.1, -0.05) is 15.9 Å². The van der Waals surface area contributed by atoms with E-state index < -0.39 is 0 Å². The topological polar surface area (TPSA) is 61.3 Å². The Morgan fingerprint density at radius 2 is 1.50 bits per heavy atom. The number of halogens is 1. The number of nitrogens with two attached hydrogens (primary N) is 2. The Morgan fingerprint density at radius 1 is 0.889 bits per heavy atom. The molecule has 0 spiro atoms. The highest BCUT2D eigenvalue weighted by Gasteiger charge is 2.05. The molecule has 0 atom stereocenters. The van der Waals surface area contributed by atoms with Gasteiger partial charge in [-0.2, -0.15) is 0 Å². The molecule has 18 heavy (non-hydrogen) atoms. The van der Waals surface area contributed by atoms with Crippen molar-refractivity contribution in [3.05, 3.63) is 45.9 Å². The first-order valence-corrected chi connectivity index (χ1v) is 6.36. The van der Waals surface area contributed by atoms with E-state index in [4.69, 9.17) is 16.2 Å². The van der Waals surface area contributed by atoms with Crippen LogP contribution in [0.2, 0.25) is 0 Å². The number of nitrogen functional groups attached to an aromatic ring is 2. The van der Waals surface area contributed by atoms with Crippen LogP contribution in [0.15, 0.2) is 34.8 Å². The molecule has 2 aromatic carbocycles. The molecular weight excluding hydrogens is 292 g/mol. The van der Waals surface area contributed by atoms with Crippen LogP contribution >= 0.6 is 15.9 Å². The summed E-state index contributed by atoms with van der Waals surface area (Å²) in [7, 11) is 0. The van der Waals surface area contributed by atoms with Crippen molar-refractivity contribution >= 4 is 27.3 Å². The zero-order valence-corrected chi connectivity index (χ0v) is 11.9. The highest BCUT2D eigenvalue weighted by molar-refractivity contribution is 9.10. The summed E-state index contributed by atoms with van der Waals surface area (Å²) in [4.78, 5) is 0. The quantitative estimate of drug-likeness (QED) is 0.824. The van der Waals surface area contributed by atoms with Crippen molar-refractivity contribution in [2.24, 2.45) is 0 Å². The Hall–Kier alpha value is -1.68. The van der Waals surface area contributed by atoms with E-state index in [2.05, 4.69) is 15.9 Å². The van der Waals surface area contributed by atoms with Crippen LogP contribution in [0.4, 0.5) is 11.4 Å². The third kappa shape index (κ3) is 2.59. The molecular formula is C14H15BrN2O. The average Bonchev–Trinajstić information content (AvgIpc) is 2.31. The monoisotopic (exact) mass is 306 g/mol. The molecule has 0 amide bonds. The normalized spacial score (nSPS) is 10.4. The molecule has 4 N–H and O–H groups in total. The summed E-state index contributed by atoms with van der Waals surface area (Å²) >= 11 is 3.53. The largest absolute Gasteiger partial charge is 0.457 e. The predicted molar refractivity (Wildman–Crippen MR) is 79.0 cm³/mol. The van der Waals surface area contributed by atoms with Gasteiger partial charge < -0.3 is 16.2 Å². The lowest BCUT2D eigenvalue weighted by molar-refractivity contribution is 0.482. The minimum Gasteiger partial charge on any atom is -0.457 e. The maximum absolute atomic E-state index is 5.77. The highest BCUT2D eigenvalue weighted by Crippen LogP contribution is 2.31. The van der Waals surface area contributed by atoms with E-state index in [-0.39, 0.29) is 0 Å². The van der Waals surface area contributed by atoms with E-state index in [0.29, 0.717) is 17.1 Å². The molecule has 0 aromatic heterocycles. The van der Waals surface area contributed by atoms with Crippen LogP contribution in [0.25, 0.3) is 0 Å². The van der Waals surface area contributed by atoms with Gasteiger partial charge in [-0.15, -0.1) is 0 Å². The molecule has 0 bridgehead atoms. The van der Waals surface area contributed by atoms with Gasteiger partial charge in [0, 0.05) is 10.5 Å². The fraction of sp³-hybridized carbons (Fsp3) is 0.143. The zero-order valence-electron chi connectivity index (χ0n) is 10.3. The molecule has 0 aliphatic rings. The van der Waals surface area contributed by atoms with Gasteiger partial charge in [-0.25, -0.2) is 0 Å². The fourth-order valence-corrected chi connectivity index (χ4v) is 1.95. The van der Waals surface area contributed by atoms with Crippen molar-refractivity contribution in [3.8, 4) is 11.5 Å². The van der Waals surface area contributed by atoms with E-state index in [0.717, 1.165) is 21.3 Å². The van der Waals surface area contributed by atoms with Gasteiger partial charge in [0.25, 0.3) is 0 Å². The standard InChI is InChI=1S/C14H15BrN2O/c1-8-5-11(6-9(2)14(8)15)18-10-3-4-12(16)13(17)7-10/h3-7H,16-17H2,1-2H3. The highest BCUT2D eigenvalue weighted by atomic mass is 79.9. The van der Waals surface area contributed by atoms with Gasteiger partial charge in [0.15, 0.2) is 0 Å². The summed E-state index contributed by atoms with van der Waals surface area (Å²) in [5.74, 6) is 1.47. The Labute approximate surface area is 115 Å². The molecule has 0 aliphatic carbocycles. The number of hydrogen-bond donors (Lipinski definition) is 2. The van der Waals surface area contributed by atoms with Gasteiger partial charge in [0.1, 0.15) is 11.5 Å². The van der Waals surface area contributed by atoms with E-state index >= 15 is 0 Å². The SMILES string of the molecule is Cc1cc(Oc2ccc(N)c(N)c2)cc(C)c1Br. The smallest absolute Gasteiger partial charge is 0.129 e. The Bertz CT molecular complexity index is 573. The maximum atomic E-state index is 5.77. The van der Waals surface area contributed by atoms with Gasteiger partial charge in [0.2, 0.25) is 0 Å². The first kappa shape index (κ1) is 12.8. The van der Waals surface area contributed by atoms with Crippen molar-refractivity contribution in [2.75, 3.05) is 11.5 Å². The Morgan fingerprint density at radius 3 is 2.06 bits per heavy atom. The lowest BCUT2D eigenvalue weighted by Gasteiger charge is -2.10. The van der Waals surface area contributed by atoms with Crippen LogP contribution in [0, 0.1) is 13.8 Å². The average molecular weight is 307 g/mol. The number of rotatable bonds is 2. The summed E-state index contributed by atoms with van der Waals surface area (Å²) < 4.78 is 6.88. The predicted octanol–water partition coefficient (Wildman–Crippen LogP) is 4.02. The molecule has 94 valence electrons. The minimum atomic E-state index is 0.526. The molecule has 0 saturated carbocycles. The van der Waals surface area contributed by atoms with E-state index in [1.807, 2.05) is 26.0 Å². The van der Waals surface area contributed by atoms with Crippen molar-refractivity contribution in [3.63, 3.8) is 0 Å².